The zero-order valence-corrected chi connectivity index (χ0v) is 42.4. The van der Waals surface area contributed by atoms with Gasteiger partial charge in [-0.1, -0.05) is 71.0 Å². The van der Waals surface area contributed by atoms with E-state index in [-0.39, 0.29) is 83.5 Å². The molecular weight excluding hydrogens is 958 g/mol. The SMILES string of the molecule is Cc1ncsc1-c1ccc([C@H](C)NC(=O)[C@@H]2C[C@@H](O)CN2C(=O)[C@@H](NC(=O)COCCOCCOCCOc2ccc(CN3CC(C)(C)[C@@H](Oc4ccc(C#N)c(C(F)(F)F)c4)C3=O)cc2)C(C)(C)C)cc1. The molecular formula is C52H63F3N6O10S. The van der Waals surface area contributed by atoms with Crippen molar-refractivity contribution in [1.29, 1.82) is 5.26 Å². The minimum atomic E-state index is -4.76. The van der Waals surface area contributed by atoms with Gasteiger partial charge in [0.05, 0.1) is 78.5 Å². The highest BCUT2D eigenvalue weighted by molar-refractivity contribution is 7.13. The number of aryl methyl sites for hydroxylation is 1. The summed E-state index contributed by atoms with van der Waals surface area (Å²) in [7, 11) is 0. The van der Waals surface area contributed by atoms with Crippen LogP contribution in [0, 0.1) is 29.1 Å². The number of hydrogen-bond donors (Lipinski definition) is 3. The third-order valence-electron chi connectivity index (χ3n) is 12.3. The van der Waals surface area contributed by atoms with Crippen LogP contribution >= 0.6 is 11.3 Å². The van der Waals surface area contributed by atoms with Gasteiger partial charge in [-0.25, -0.2) is 4.98 Å². The summed E-state index contributed by atoms with van der Waals surface area (Å²) in [5.74, 6) is -1.31. The number of likely N-dealkylation sites (tertiary alicyclic amines) is 2. The van der Waals surface area contributed by atoms with E-state index >= 15 is 0 Å². The number of thiazole rings is 1. The number of nitriles is 1. The maximum absolute atomic E-state index is 14.0. The number of carbonyl (C=O) groups is 4. The first-order valence-electron chi connectivity index (χ1n) is 23.7. The van der Waals surface area contributed by atoms with E-state index in [1.165, 1.54) is 11.0 Å². The molecule has 5 atom stereocenters. The lowest BCUT2D eigenvalue weighted by atomic mass is 9.85. The number of aromatic nitrogens is 1. The highest BCUT2D eigenvalue weighted by Crippen LogP contribution is 2.38. The monoisotopic (exact) mass is 1020 g/mol. The molecule has 1 aromatic heterocycles. The van der Waals surface area contributed by atoms with Crippen LogP contribution in [0.4, 0.5) is 13.2 Å². The quantitative estimate of drug-likeness (QED) is 0.0712. The second-order valence-electron chi connectivity index (χ2n) is 19.6. The molecule has 388 valence electrons. The lowest BCUT2D eigenvalue weighted by Crippen LogP contribution is -2.58. The standard InChI is InChI=1S/C52H63F3N6O10S/c1-32(35-10-12-36(13-11-35)44-33(2)57-31-72-44)58-47(64)42-24-38(62)28-61(42)48(65)45(50(3,4)5)59-43(63)29-69-21-20-67-18-19-68-22-23-70-39-15-8-34(9-16-39)27-60-30-51(6,7)46(49(60)66)71-40-17-14-37(26-56)41(25-40)52(53,54)55/h8-17,25,31-32,38,42,45-46,62H,18-24,27-30H2,1-7H3,(H,58,64)(H,59,63)/t32-,38+,42-,45+,46-/m0/s1. The summed E-state index contributed by atoms with van der Waals surface area (Å²) in [5, 5.41) is 25.5. The summed E-state index contributed by atoms with van der Waals surface area (Å²) in [4.78, 5) is 62.4. The van der Waals surface area contributed by atoms with E-state index in [2.05, 4.69) is 15.6 Å². The average Bonchev–Trinajstić information content (AvgIpc) is 4.00. The summed E-state index contributed by atoms with van der Waals surface area (Å²) < 4.78 is 68.8. The first-order valence-corrected chi connectivity index (χ1v) is 24.5. The van der Waals surface area contributed by atoms with Crippen LogP contribution in [0.25, 0.3) is 10.4 Å². The number of aliphatic hydroxyl groups is 1. The number of ether oxygens (including phenoxy) is 5. The Bertz CT molecular complexity index is 2540. The molecule has 0 aliphatic carbocycles. The molecule has 0 spiro atoms. The molecule has 20 heteroatoms. The second-order valence-corrected chi connectivity index (χ2v) is 20.5. The van der Waals surface area contributed by atoms with Gasteiger partial charge in [-0.05, 0) is 66.3 Å². The van der Waals surface area contributed by atoms with Crippen LogP contribution in [0.15, 0.2) is 72.2 Å². The largest absolute Gasteiger partial charge is 0.491 e. The summed E-state index contributed by atoms with van der Waals surface area (Å²) in [6.07, 6.45) is -6.62. The Morgan fingerprint density at radius 2 is 1.57 bits per heavy atom. The summed E-state index contributed by atoms with van der Waals surface area (Å²) in [6.45, 7) is 14.4. The van der Waals surface area contributed by atoms with Gasteiger partial charge in [-0.3, -0.25) is 19.2 Å². The maximum atomic E-state index is 14.0. The molecule has 16 nitrogen and oxygen atoms in total. The van der Waals surface area contributed by atoms with Crippen molar-refractivity contribution in [3.05, 3.63) is 100 Å². The molecule has 0 radical (unpaired) electrons. The van der Waals surface area contributed by atoms with Crippen molar-refractivity contribution >= 4 is 35.0 Å². The maximum Gasteiger partial charge on any atom is 0.417 e. The molecule has 2 fully saturated rings. The Kier molecular flexibility index (Phi) is 18.5. The lowest BCUT2D eigenvalue weighted by Gasteiger charge is -2.35. The van der Waals surface area contributed by atoms with Crippen LogP contribution in [0.3, 0.4) is 0 Å². The predicted molar refractivity (Wildman–Crippen MR) is 261 cm³/mol. The summed E-state index contributed by atoms with van der Waals surface area (Å²) >= 11 is 1.56. The van der Waals surface area contributed by atoms with Crippen molar-refractivity contribution in [2.24, 2.45) is 10.8 Å². The van der Waals surface area contributed by atoms with E-state index < -0.39 is 70.1 Å². The van der Waals surface area contributed by atoms with E-state index in [0.717, 1.165) is 39.4 Å². The van der Waals surface area contributed by atoms with Gasteiger partial charge in [0.15, 0.2) is 6.10 Å². The Labute approximate surface area is 421 Å². The zero-order chi connectivity index (χ0) is 52.4. The fourth-order valence-electron chi connectivity index (χ4n) is 8.51. The number of nitrogens with one attached hydrogen (secondary N) is 2. The van der Waals surface area contributed by atoms with E-state index in [4.69, 9.17) is 28.9 Å². The lowest BCUT2D eigenvalue weighted by molar-refractivity contribution is -0.144. The third kappa shape index (κ3) is 14.5. The number of aliphatic hydroxyl groups excluding tert-OH is 1. The smallest absolute Gasteiger partial charge is 0.417 e. The van der Waals surface area contributed by atoms with E-state index in [1.54, 1.807) is 53.8 Å². The first kappa shape index (κ1) is 55.2. The van der Waals surface area contributed by atoms with Gasteiger partial charge in [-0.2, -0.15) is 18.4 Å². The minimum absolute atomic E-state index is 0.0467. The molecule has 6 rings (SSSR count). The Balaban J connectivity index is 0.844. The number of β-amino-alcohol motifs (C(OH)–C–C–N with tert-alkyl or cyclic N) is 1. The minimum Gasteiger partial charge on any atom is -0.491 e. The molecule has 0 saturated carbocycles. The zero-order valence-electron chi connectivity index (χ0n) is 41.5. The molecule has 2 aliphatic heterocycles. The van der Waals surface area contributed by atoms with E-state index in [0.29, 0.717) is 12.3 Å². The normalized spacial score (nSPS) is 18.6. The number of halogens is 3. The highest BCUT2D eigenvalue weighted by atomic mass is 32.1. The Morgan fingerprint density at radius 3 is 2.18 bits per heavy atom. The molecule has 3 N–H and O–H groups in total. The van der Waals surface area contributed by atoms with E-state index in [9.17, 15) is 37.5 Å². The highest BCUT2D eigenvalue weighted by Gasteiger charge is 2.49. The Hall–Kier alpha value is -6.11. The fraction of sp³-hybridized carbons (Fsp3) is 0.500. The molecule has 0 unspecified atom stereocenters. The van der Waals surface area contributed by atoms with Crippen molar-refractivity contribution in [2.45, 2.75) is 97.9 Å². The second kappa shape index (κ2) is 24.1. The van der Waals surface area contributed by atoms with Gasteiger partial charge < -0.3 is 49.2 Å². The van der Waals surface area contributed by atoms with Gasteiger partial charge >= 0.3 is 6.18 Å². The number of benzene rings is 3. The van der Waals surface area contributed by atoms with Crippen molar-refractivity contribution in [3.63, 3.8) is 0 Å². The van der Waals surface area contributed by atoms with E-state index in [1.807, 2.05) is 71.0 Å². The van der Waals surface area contributed by atoms with Crippen LogP contribution in [-0.4, -0.2) is 127 Å². The summed E-state index contributed by atoms with van der Waals surface area (Å²) in [5.41, 5.74) is 2.38. The molecule has 4 amide bonds. The topological polar surface area (TPSA) is 202 Å². The van der Waals surface area contributed by atoms with Crippen LogP contribution in [0.2, 0.25) is 0 Å². The average molecular weight is 1020 g/mol. The van der Waals surface area contributed by atoms with Crippen LogP contribution in [0.1, 0.15) is 82.0 Å². The van der Waals surface area contributed by atoms with Gasteiger partial charge in [-0.15, -0.1) is 11.3 Å². The predicted octanol–water partition coefficient (Wildman–Crippen LogP) is 6.62. The molecule has 2 saturated heterocycles. The molecule has 4 aromatic rings. The Morgan fingerprint density at radius 1 is 0.931 bits per heavy atom. The fourth-order valence-corrected chi connectivity index (χ4v) is 9.33. The van der Waals surface area contributed by atoms with Crippen LogP contribution in [0.5, 0.6) is 11.5 Å². The van der Waals surface area contributed by atoms with Gasteiger partial charge in [0.1, 0.15) is 36.8 Å². The number of nitrogens with zero attached hydrogens (tertiary/aromatic N) is 4. The number of carbonyl (C=O) groups excluding carboxylic acids is 4. The molecule has 2 aliphatic rings. The van der Waals surface area contributed by atoms with Gasteiger partial charge in [0, 0.05) is 31.5 Å². The first-order chi connectivity index (χ1) is 34.0. The number of alkyl halides is 3. The number of rotatable bonds is 22. The molecule has 72 heavy (non-hydrogen) atoms. The summed E-state index contributed by atoms with van der Waals surface area (Å²) in [6, 6.07) is 17.3. The van der Waals surface area contributed by atoms with Crippen molar-refractivity contribution in [1.82, 2.24) is 25.4 Å². The van der Waals surface area contributed by atoms with Crippen molar-refractivity contribution in [2.75, 3.05) is 59.3 Å². The van der Waals surface area contributed by atoms with Crippen LogP contribution < -0.4 is 20.1 Å². The third-order valence-corrected chi connectivity index (χ3v) is 13.3. The van der Waals surface area contributed by atoms with Crippen LogP contribution in [-0.2, 0) is 46.1 Å². The molecule has 3 aromatic carbocycles. The van der Waals surface area contributed by atoms with Gasteiger partial charge in [0.25, 0.3) is 5.91 Å². The number of hydrogen-bond acceptors (Lipinski definition) is 13. The van der Waals surface area contributed by atoms with Gasteiger partial charge in [0.2, 0.25) is 17.7 Å². The number of amides is 4. The van der Waals surface area contributed by atoms with Crippen molar-refractivity contribution in [3.8, 4) is 28.0 Å². The molecule has 0 bridgehead atoms. The molecule has 3 heterocycles. The van der Waals surface area contributed by atoms with Crippen molar-refractivity contribution < 1.29 is 61.1 Å².